The lowest BCUT2D eigenvalue weighted by molar-refractivity contribution is -0.146. The molecule has 0 radical (unpaired) electrons. The van der Waals surface area contributed by atoms with Crippen LogP contribution in [0.5, 0.6) is 0 Å². The van der Waals surface area contributed by atoms with Crippen molar-refractivity contribution in [3.8, 4) is 0 Å². The molecule has 1 aliphatic carbocycles. The fraction of sp³-hybridized carbons (Fsp3) is 0.556. The summed E-state index contributed by atoms with van der Waals surface area (Å²) in [6.45, 7) is -0.0448. The molecule has 136 valence electrons. The summed E-state index contributed by atoms with van der Waals surface area (Å²) in [7, 11) is 1.34. The largest absolute Gasteiger partial charge is 0.468 e. The van der Waals surface area contributed by atoms with E-state index < -0.39 is 23.6 Å². The smallest absolute Gasteiger partial charge is 0.323 e. The van der Waals surface area contributed by atoms with E-state index in [0.29, 0.717) is 12.3 Å². The number of ether oxygens (including phenoxy) is 1. The molecule has 1 N–H and O–H groups in total. The molecule has 7 heteroatoms. The Balaban J connectivity index is 1.72. The van der Waals surface area contributed by atoms with E-state index in [9.17, 15) is 18.4 Å². The zero-order valence-corrected chi connectivity index (χ0v) is 14.1. The second kappa shape index (κ2) is 7.47. The van der Waals surface area contributed by atoms with Crippen LogP contribution in [0.3, 0.4) is 0 Å². The fourth-order valence-electron chi connectivity index (χ4n) is 4.10. The van der Waals surface area contributed by atoms with Gasteiger partial charge >= 0.3 is 5.97 Å². The monoisotopic (exact) mass is 352 g/mol. The minimum atomic E-state index is -0.698. The second-order valence-electron chi connectivity index (χ2n) is 6.73. The van der Waals surface area contributed by atoms with Crippen LogP contribution in [0, 0.1) is 17.6 Å². The van der Waals surface area contributed by atoms with E-state index in [-0.39, 0.29) is 24.2 Å². The average molecular weight is 352 g/mol. The molecular weight excluding hydrogens is 330 g/mol. The first-order valence-corrected chi connectivity index (χ1v) is 8.58. The van der Waals surface area contributed by atoms with Crippen molar-refractivity contribution in [3.05, 3.63) is 29.8 Å². The summed E-state index contributed by atoms with van der Waals surface area (Å²) >= 11 is 0. The standard InChI is InChI=1S/C18H22F2N2O3/c1-25-18(24)16-8-11-4-2-3-5-15(11)22(16)10-17(23)21-14-9-12(19)6-7-13(14)20/h6-7,9,11,15-16H,2-5,8,10H2,1H3,(H,21,23)/t11-,15-,16+/m1/s1. The van der Waals surface area contributed by atoms with Crippen molar-refractivity contribution in [3.63, 3.8) is 0 Å². The normalized spacial score (nSPS) is 26.1. The maximum atomic E-state index is 13.7. The van der Waals surface area contributed by atoms with Crippen LogP contribution in [-0.2, 0) is 14.3 Å². The Labute approximate surface area is 145 Å². The molecule has 0 aromatic heterocycles. The number of fused-ring (bicyclic) bond motifs is 1. The lowest BCUT2D eigenvalue weighted by atomic mass is 9.85. The van der Waals surface area contributed by atoms with Crippen LogP contribution in [0.25, 0.3) is 0 Å². The fourth-order valence-corrected chi connectivity index (χ4v) is 4.10. The van der Waals surface area contributed by atoms with Gasteiger partial charge in [-0.2, -0.15) is 0 Å². The van der Waals surface area contributed by atoms with E-state index in [1.54, 1.807) is 0 Å². The van der Waals surface area contributed by atoms with Crippen LogP contribution in [-0.4, -0.2) is 42.5 Å². The second-order valence-corrected chi connectivity index (χ2v) is 6.73. The van der Waals surface area contributed by atoms with Crippen LogP contribution in [0.15, 0.2) is 18.2 Å². The topological polar surface area (TPSA) is 58.6 Å². The highest BCUT2D eigenvalue weighted by Gasteiger charge is 2.46. The Morgan fingerprint density at radius 1 is 1.28 bits per heavy atom. The molecule has 1 saturated heterocycles. The van der Waals surface area contributed by atoms with Gasteiger partial charge in [0.05, 0.1) is 19.3 Å². The minimum absolute atomic E-state index is 0.0448. The van der Waals surface area contributed by atoms with Gasteiger partial charge in [-0.05, 0) is 37.3 Å². The number of rotatable bonds is 4. The zero-order valence-electron chi connectivity index (χ0n) is 14.1. The number of amides is 1. The lowest BCUT2D eigenvalue weighted by Gasteiger charge is -2.32. The maximum Gasteiger partial charge on any atom is 0.323 e. The highest BCUT2D eigenvalue weighted by Crippen LogP contribution is 2.39. The van der Waals surface area contributed by atoms with Gasteiger partial charge in [-0.15, -0.1) is 0 Å². The third-order valence-electron chi connectivity index (χ3n) is 5.22. The predicted molar refractivity (Wildman–Crippen MR) is 87.9 cm³/mol. The number of nitrogens with one attached hydrogen (secondary N) is 1. The molecule has 3 rings (SSSR count). The summed E-state index contributed by atoms with van der Waals surface area (Å²) in [6.07, 6.45) is 4.84. The maximum absolute atomic E-state index is 13.7. The number of nitrogens with zero attached hydrogens (tertiary/aromatic N) is 1. The van der Waals surface area contributed by atoms with E-state index >= 15 is 0 Å². The number of likely N-dealkylation sites (tertiary alicyclic amines) is 1. The molecule has 1 amide bonds. The lowest BCUT2D eigenvalue weighted by Crippen LogP contribution is -2.46. The van der Waals surface area contributed by atoms with Crippen molar-refractivity contribution in [1.82, 2.24) is 4.90 Å². The van der Waals surface area contributed by atoms with Crippen molar-refractivity contribution < 1.29 is 23.1 Å². The van der Waals surface area contributed by atoms with Crippen molar-refractivity contribution >= 4 is 17.6 Å². The molecule has 1 aromatic rings. The van der Waals surface area contributed by atoms with E-state index in [1.807, 2.05) is 4.90 Å². The van der Waals surface area contributed by atoms with Crippen LogP contribution in [0.2, 0.25) is 0 Å². The number of anilines is 1. The molecule has 0 spiro atoms. The zero-order chi connectivity index (χ0) is 18.0. The summed E-state index contributed by atoms with van der Waals surface area (Å²) in [5.74, 6) is -1.77. The molecule has 5 nitrogen and oxygen atoms in total. The minimum Gasteiger partial charge on any atom is -0.468 e. The predicted octanol–water partition coefficient (Wildman–Crippen LogP) is 2.71. The summed E-state index contributed by atoms with van der Waals surface area (Å²) in [6, 6.07) is 2.60. The number of halogens is 2. The molecular formula is C18H22F2N2O3. The Bertz CT molecular complexity index is 668. The summed E-state index contributed by atoms with van der Waals surface area (Å²) in [4.78, 5) is 26.3. The quantitative estimate of drug-likeness (QED) is 0.847. The van der Waals surface area contributed by atoms with Gasteiger partial charge < -0.3 is 10.1 Å². The highest BCUT2D eigenvalue weighted by molar-refractivity contribution is 5.93. The highest BCUT2D eigenvalue weighted by atomic mass is 19.1. The summed E-state index contributed by atoms with van der Waals surface area (Å²) in [5, 5.41) is 2.40. The van der Waals surface area contributed by atoms with Crippen molar-refractivity contribution in [1.29, 1.82) is 0 Å². The first kappa shape index (κ1) is 17.8. The Hall–Kier alpha value is -2.02. The van der Waals surface area contributed by atoms with Gasteiger partial charge in [-0.1, -0.05) is 12.8 Å². The Kier molecular flexibility index (Phi) is 5.32. The number of esters is 1. The molecule has 0 unspecified atom stereocenters. The number of benzene rings is 1. The molecule has 1 heterocycles. The Morgan fingerprint density at radius 3 is 2.80 bits per heavy atom. The van der Waals surface area contributed by atoms with Crippen molar-refractivity contribution in [2.24, 2.45) is 5.92 Å². The third kappa shape index (κ3) is 3.81. The van der Waals surface area contributed by atoms with Crippen molar-refractivity contribution in [2.75, 3.05) is 19.0 Å². The van der Waals surface area contributed by atoms with Gasteiger partial charge in [0.25, 0.3) is 0 Å². The molecule has 3 atom stereocenters. The molecule has 2 aliphatic rings. The van der Waals surface area contributed by atoms with E-state index in [4.69, 9.17) is 4.74 Å². The number of hydrogen-bond donors (Lipinski definition) is 1. The van der Waals surface area contributed by atoms with Gasteiger partial charge in [0.15, 0.2) is 0 Å². The molecule has 1 saturated carbocycles. The molecule has 25 heavy (non-hydrogen) atoms. The van der Waals surface area contributed by atoms with Gasteiger partial charge in [-0.25, -0.2) is 8.78 Å². The van der Waals surface area contributed by atoms with E-state index in [1.165, 1.54) is 7.11 Å². The number of carbonyl (C=O) groups excluding carboxylic acids is 2. The molecule has 1 aromatic carbocycles. The first-order valence-electron chi connectivity index (χ1n) is 8.58. The van der Waals surface area contributed by atoms with Gasteiger partial charge in [0.1, 0.15) is 17.7 Å². The molecule has 0 bridgehead atoms. The van der Waals surface area contributed by atoms with Crippen LogP contribution in [0.1, 0.15) is 32.1 Å². The van der Waals surface area contributed by atoms with E-state index in [2.05, 4.69) is 5.32 Å². The Morgan fingerprint density at radius 2 is 2.04 bits per heavy atom. The molecule has 1 aliphatic heterocycles. The molecule has 2 fully saturated rings. The average Bonchev–Trinajstić information content (AvgIpc) is 2.96. The third-order valence-corrected chi connectivity index (χ3v) is 5.22. The van der Waals surface area contributed by atoms with Crippen LogP contribution in [0.4, 0.5) is 14.5 Å². The van der Waals surface area contributed by atoms with Gasteiger partial charge in [0.2, 0.25) is 5.91 Å². The number of hydrogen-bond acceptors (Lipinski definition) is 4. The van der Waals surface area contributed by atoms with Crippen LogP contribution < -0.4 is 5.32 Å². The van der Waals surface area contributed by atoms with Crippen molar-refractivity contribution in [2.45, 2.75) is 44.2 Å². The number of carbonyl (C=O) groups is 2. The summed E-state index contributed by atoms with van der Waals surface area (Å²) < 4.78 is 31.8. The van der Waals surface area contributed by atoms with E-state index in [0.717, 1.165) is 43.9 Å². The SMILES string of the molecule is COC(=O)[C@@H]1C[C@H]2CCCC[C@H]2N1CC(=O)Nc1cc(F)ccc1F. The number of methoxy groups -OCH3 is 1. The first-order chi connectivity index (χ1) is 12.0. The summed E-state index contributed by atoms with van der Waals surface area (Å²) in [5.41, 5.74) is -0.195. The van der Waals surface area contributed by atoms with Gasteiger partial charge in [-0.3, -0.25) is 14.5 Å². The van der Waals surface area contributed by atoms with Crippen LogP contribution >= 0.6 is 0 Å². The van der Waals surface area contributed by atoms with Gasteiger partial charge in [0, 0.05) is 12.1 Å².